The van der Waals surface area contributed by atoms with E-state index in [9.17, 15) is 19.2 Å². The van der Waals surface area contributed by atoms with Crippen LogP contribution in [-0.2, 0) is 31.1 Å². The number of piperazine rings is 1. The van der Waals surface area contributed by atoms with Crippen molar-refractivity contribution >= 4 is 46.7 Å². The standard InChI is InChI=1S/C28H38N8O2.C12H13N3O3/c1-19-14-21(15-22-18-32-34-26(19)22)16-24(29)27(37)33-25(17-20-2-6-30-7-3-20)28(38)36-12-10-35(11-13-36)23-4-8-31-9-5-23;16-8-15-6-3-12(4-7-15)9-2-1-5-13-10(9)14-11(17)18-12/h4-5,8-9,14-15,18,20,24-25,30H,2-3,6-7,10-13,16-17,29H2,1H3,(H,32,34)(H,33,37);1-2,5,8H,3-4,6-7H2,(H,13,14,17). The lowest BCUT2D eigenvalue weighted by Gasteiger charge is -2.42. The molecule has 0 aliphatic carbocycles. The first-order valence-corrected chi connectivity index (χ1v) is 19.5. The Bertz CT molecular complexity index is 1990. The van der Waals surface area contributed by atoms with Crippen LogP contribution in [0.3, 0.4) is 0 Å². The molecule has 2 atom stereocenters. The highest BCUT2D eigenvalue weighted by Gasteiger charge is 2.44. The number of anilines is 2. The number of hydrogen-bond acceptors (Lipinski definition) is 11. The number of nitrogens with zero attached hydrogens (tertiary/aromatic N) is 6. The molecule has 0 radical (unpaired) electrons. The second-order valence-electron chi connectivity index (χ2n) is 15.1. The fraction of sp³-hybridized carbons (Fsp3) is 0.475. The molecule has 4 amide bonds. The summed E-state index contributed by atoms with van der Waals surface area (Å²) in [6.45, 7) is 7.82. The summed E-state index contributed by atoms with van der Waals surface area (Å²) in [6.07, 6.45) is 11.6. The maximum Gasteiger partial charge on any atom is 0.413 e. The van der Waals surface area contributed by atoms with Gasteiger partial charge in [-0.1, -0.05) is 6.07 Å². The molecule has 3 saturated heterocycles. The molecule has 16 nitrogen and oxygen atoms in total. The van der Waals surface area contributed by atoms with Gasteiger partial charge in [0.1, 0.15) is 17.5 Å². The Morgan fingerprint density at radius 3 is 2.54 bits per heavy atom. The van der Waals surface area contributed by atoms with Gasteiger partial charge in [-0.2, -0.15) is 5.10 Å². The van der Waals surface area contributed by atoms with Crippen molar-refractivity contribution in [3.63, 3.8) is 0 Å². The summed E-state index contributed by atoms with van der Waals surface area (Å²) in [7, 11) is 0. The molecular formula is C40H51N11O5. The molecule has 2 unspecified atom stereocenters. The minimum Gasteiger partial charge on any atom is -0.437 e. The molecular weight excluding hydrogens is 715 g/mol. The first-order chi connectivity index (χ1) is 27.2. The number of nitrogens with one attached hydrogen (secondary N) is 4. The second-order valence-corrected chi connectivity index (χ2v) is 15.1. The van der Waals surface area contributed by atoms with E-state index in [1.807, 2.05) is 48.2 Å². The minimum atomic E-state index is -0.745. The van der Waals surface area contributed by atoms with Crippen LogP contribution in [0.2, 0.25) is 0 Å². The number of ether oxygens (including phenoxy) is 1. The smallest absolute Gasteiger partial charge is 0.413 e. The predicted molar refractivity (Wildman–Crippen MR) is 211 cm³/mol. The third-order valence-electron chi connectivity index (χ3n) is 11.4. The molecule has 16 heteroatoms. The first kappa shape index (κ1) is 38.7. The Kier molecular flexibility index (Phi) is 12.1. The second kappa shape index (κ2) is 17.5. The van der Waals surface area contributed by atoms with Gasteiger partial charge in [0, 0.05) is 87.3 Å². The topological polar surface area (TPSA) is 204 Å². The highest BCUT2D eigenvalue weighted by molar-refractivity contribution is 5.90. The van der Waals surface area contributed by atoms with Gasteiger partial charge in [-0.25, -0.2) is 9.78 Å². The summed E-state index contributed by atoms with van der Waals surface area (Å²) >= 11 is 0. The van der Waals surface area contributed by atoms with Crippen molar-refractivity contribution in [1.82, 2.24) is 40.6 Å². The van der Waals surface area contributed by atoms with E-state index >= 15 is 0 Å². The summed E-state index contributed by atoms with van der Waals surface area (Å²) < 4.78 is 5.50. The molecule has 296 valence electrons. The number of piperidine rings is 2. The number of aromatic nitrogens is 4. The molecule has 56 heavy (non-hydrogen) atoms. The molecule has 4 aliphatic heterocycles. The molecule has 4 aliphatic rings. The molecule has 0 bridgehead atoms. The van der Waals surface area contributed by atoms with Gasteiger partial charge in [0.25, 0.3) is 0 Å². The quantitative estimate of drug-likeness (QED) is 0.157. The Morgan fingerprint density at radius 1 is 1.05 bits per heavy atom. The lowest BCUT2D eigenvalue weighted by atomic mass is 9.83. The van der Waals surface area contributed by atoms with E-state index in [-0.39, 0.29) is 11.8 Å². The van der Waals surface area contributed by atoms with E-state index in [4.69, 9.17) is 10.5 Å². The number of aryl methyl sites for hydroxylation is 1. The van der Waals surface area contributed by atoms with Gasteiger partial charge in [-0.15, -0.1) is 0 Å². The van der Waals surface area contributed by atoms with Gasteiger partial charge >= 0.3 is 6.09 Å². The normalized spacial score (nSPS) is 19.2. The van der Waals surface area contributed by atoms with Gasteiger partial charge in [0.05, 0.1) is 17.8 Å². The Morgan fingerprint density at radius 2 is 1.80 bits per heavy atom. The molecule has 1 spiro atoms. The predicted octanol–water partition coefficient (Wildman–Crippen LogP) is 2.45. The Labute approximate surface area is 325 Å². The van der Waals surface area contributed by atoms with Crippen LogP contribution in [0.1, 0.15) is 48.8 Å². The van der Waals surface area contributed by atoms with Gasteiger partial charge in [0.2, 0.25) is 18.2 Å². The number of H-pyrrole nitrogens is 1. The van der Waals surface area contributed by atoms with Gasteiger partial charge in [-0.3, -0.25) is 29.8 Å². The zero-order valence-electron chi connectivity index (χ0n) is 31.8. The number of pyridine rings is 2. The Hall–Kier alpha value is -5.61. The van der Waals surface area contributed by atoms with Crippen LogP contribution < -0.4 is 26.6 Å². The van der Waals surface area contributed by atoms with Crippen LogP contribution in [0.25, 0.3) is 10.9 Å². The van der Waals surface area contributed by atoms with Crippen LogP contribution >= 0.6 is 0 Å². The van der Waals surface area contributed by atoms with Crippen molar-refractivity contribution in [2.45, 2.75) is 63.1 Å². The third kappa shape index (κ3) is 8.92. The molecule has 3 aromatic heterocycles. The van der Waals surface area contributed by atoms with E-state index in [0.29, 0.717) is 63.6 Å². The molecule has 1 aromatic carbocycles. The number of fused-ring (bicyclic) bond motifs is 3. The summed E-state index contributed by atoms with van der Waals surface area (Å²) in [5.74, 6) is 0.672. The van der Waals surface area contributed by atoms with E-state index in [0.717, 1.165) is 78.7 Å². The largest absolute Gasteiger partial charge is 0.437 e. The van der Waals surface area contributed by atoms with Crippen molar-refractivity contribution in [2.75, 3.05) is 62.6 Å². The van der Waals surface area contributed by atoms with Crippen molar-refractivity contribution < 1.29 is 23.9 Å². The number of carbonyl (C=O) groups excluding carboxylic acids is 4. The van der Waals surface area contributed by atoms with E-state index in [2.05, 4.69) is 41.0 Å². The summed E-state index contributed by atoms with van der Waals surface area (Å²) in [5.41, 5.74) is 10.8. The average molecular weight is 766 g/mol. The van der Waals surface area contributed by atoms with Crippen molar-refractivity contribution in [3.8, 4) is 0 Å². The lowest BCUT2D eigenvalue weighted by molar-refractivity contribution is -0.137. The van der Waals surface area contributed by atoms with Crippen LogP contribution in [0.5, 0.6) is 0 Å². The van der Waals surface area contributed by atoms with Crippen LogP contribution in [-0.4, -0.2) is 119 Å². The number of aromatic amines is 1. The van der Waals surface area contributed by atoms with Gasteiger partial charge < -0.3 is 35.8 Å². The van der Waals surface area contributed by atoms with Crippen molar-refractivity contribution in [3.05, 3.63) is 77.9 Å². The van der Waals surface area contributed by atoms with E-state index in [1.54, 1.807) is 29.7 Å². The summed E-state index contributed by atoms with van der Waals surface area (Å²) in [6, 6.07) is 10.5. The molecule has 4 aromatic rings. The maximum atomic E-state index is 13.7. The number of rotatable bonds is 9. The number of carbonyl (C=O) groups is 4. The summed E-state index contributed by atoms with van der Waals surface area (Å²) in [4.78, 5) is 63.4. The van der Waals surface area contributed by atoms with Crippen LogP contribution in [0, 0.1) is 12.8 Å². The van der Waals surface area contributed by atoms with Gasteiger partial charge in [0.15, 0.2) is 0 Å². The number of amides is 4. The van der Waals surface area contributed by atoms with Crippen molar-refractivity contribution in [2.24, 2.45) is 11.7 Å². The van der Waals surface area contributed by atoms with Crippen molar-refractivity contribution in [1.29, 1.82) is 0 Å². The lowest BCUT2D eigenvalue weighted by Crippen LogP contribution is -2.57. The number of likely N-dealkylation sites (tertiary alicyclic amines) is 1. The van der Waals surface area contributed by atoms with E-state index in [1.165, 1.54) is 0 Å². The van der Waals surface area contributed by atoms with Gasteiger partial charge in [-0.05, 0) is 93.1 Å². The SMILES string of the molecule is Cc1cc(CC(N)C(=O)NC(CC2CCNCC2)C(=O)N2CCN(c3ccncc3)CC2)cc2cn[nH]c12.O=CN1CCC2(CC1)OC(=O)Nc1ncccc12. The fourth-order valence-corrected chi connectivity index (χ4v) is 8.28. The highest BCUT2D eigenvalue weighted by Crippen LogP contribution is 2.42. The fourth-order valence-electron chi connectivity index (χ4n) is 8.28. The molecule has 8 rings (SSSR count). The van der Waals surface area contributed by atoms with Crippen LogP contribution in [0.4, 0.5) is 16.3 Å². The minimum absolute atomic E-state index is 0.00544. The molecule has 0 saturated carbocycles. The Balaban J connectivity index is 0.000000222. The molecule has 7 heterocycles. The average Bonchev–Trinajstić information content (AvgIpc) is 3.71. The zero-order valence-corrected chi connectivity index (χ0v) is 31.8. The number of benzene rings is 1. The monoisotopic (exact) mass is 765 g/mol. The van der Waals surface area contributed by atoms with Crippen LogP contribution in [0.15, 0.2) is 61.2 Å². The maximum absolute atomic E-state index is 13.7. The molecule has 6 N–H and O–H groups in total. The van der Waals surface area contributed by atoms with E-state index < -0.39 is 23.8 Å². The summed E-state index contributed by atoms with van der Waals surface area (Å²) in [5, 5.41) is 17.1. The highest BCUT2D eigenvalue weighted by atomic mass is 16.6. The first-order valence-electron chi connectivity index (χ1n) is 19.5. The zero-order chi connectivity index (χ0) is 39.1. The molecule has 3 fully saturated rings. The third-order valence-corrected chi connectivity index (χ3v) is 11.4. The number of hydrogen-bond donors (Lipinski definition) is 5. The number of nitrogens with two attached hydrogens (primary N) is 1.